The van der Waals surface area contributed by atoms with E-state index in [1.807, 2.05) is 12.3 Å². The monoisotopic (exact) mass is 254 g/mol. The van der Waals surface area contributed by atoms with Crippen molar-refractivity contribution < 1.29 is 4.39 Å². The van der Waals surface area contributed by atoms with Crippen molar-refractivity contribution in [1.29, 1.82) is 0 Å². The fourth-order valence-corrected chi connectivity index (χ4v) is 5.26. The Morgan fingerprint density at radius 1 is 1.37 bits per heavy atom. The highest BCUT2D eigenvalue weighted by atomic mass is 19.1. The Balaban J connectivity index is 1.83. The third-order valence-corrected chi connectivity index (χ3v) is 5.94. The van der Waals surface area contributed by atoms with Crippen molar-refractivity contribution in [2.24, 2.45) is 5.92 Å². The normalized spacial score (nSPS) is 36.1. The Morgan fingerprint density at radius 3 is 2.89 bits per heavy atom. The molecule has 2 nitrogen and oxygen atoms in total. The SMILES string of the molecule is CC1C2c3cccc(F)c3C3(CC3)C12c1cnc[nH]1. The highest BCUT2D eigenvalue weighted by molar-refractivity contribution is 5.64. The molecule has 3 aliphatic rings. The maximum absolute atomic E-state index is 14.3. The van der Waals surface area contributed by atoms with Gasteiger partial charge in [-0.3, -0.25) is 0 Å². The van der Waals surface area contributed by atoms with Crippen molar-refractivity contribution in [3.05, 3.63) is 53.4 Å². The molecule has 5 rings (SSSR count). The van der Waals surface area contributed by atoms with Gasteiger partial charge in [-0.1, -0.05) is 19.1 Å². The summed E-state index contributed by atoms with van der Waals surface area (Å²) in [4.78, 5) is 7.51. The van der Waals surface area contributed by atoms with Crippen molar-refractivity contribution in [2.75, 3.05) is 0 Å². The maximum atomic E-state index is 14.3. The second-order valence-electron chi connectivity index (χ2n) is 6.39. The van der Waals surface area contributed by atoms with E-state index in [1.54, 1.807) is 12.4 Å². The summed E-state index contributed by atoms with van der Waals surface area (Å²) in [5.74, 6) is 1.05. The number of hydrogen-bond donors (Lipinski definition) is 1. The number of hydrogen-bond acceptors (Lipinski definition) is 1. The van der Waals surface area contributed by atoms with Gasteiger partial charge in [0, 0.05) is 28.6 Å². The predicted molar refractivity (Wildman–Crippen MR) is 69.5 cm³/mol. The van der Waals surface area contributed by atoms with Gasteiger partial charge in [0.1, 0.15) is 5.82 Å². The number of imidazole rings is 1. The number of benzene rings is 1. The zero-order valence-electron chi connectivity index (χ0n) is 10.8. The molecule has 0 amide bonds. The van der Waals surface area contributed by atoms with Gasteiger partial charge in [-0.05, 0) is 36.0 Å². The summed E-state index contributed by atoms with van der Waals surface area (Å²) < 4.78 is 14.3. The Morgan fingerprint density at radius 2 is 2.21 bits per heavy atom. The van der Waals surface area contributed by atoms with Crippen LogP contribution in [-0.2, 0) is 10.8 Å². The molecule has 3 atom stereocenters. The number of nitrogens with zero attached hydrogens (tertiary/aromatic N) is 1. The predicted octanol–water partition coefficient (Wildman–Crippen LogP) is 3.27. The van der Waals surface area contributed by atoms with Crippen molar-refractivity contribution in [2.45, 2.75) is 36.5 Å². The van der Waals surface area contributed by atoms with Crippen LogP contribution in [-0.4, -0.2) is 9.97 Å². The fraction of sp³-hybridized carbons (Fsp3) is 0.438. The van der Waals surface area contributed by atoms with E-state index in [2.05, 4.69) is 23.0 Å². The van der Waals surface area contributed by atoms with Crippen molar-refractivity contribution in [3.8, 4) is 0 Å². The minimum Gasteiger partial charge on any atom is -0.348 e. The minimum absolute atomic E-state index is 0.00621. The number of nitrogens with one attached hydrogen (secondary N) is 1. The van der Waals surface area contributed by atoms with Crippen molar-refractivity contribution in [3.63, 3.8) is 0 Å². The smallest absolute Gasteiger partial charge is 0.127 e. The van der Waals surface area contributed by atoms with Crippen LogP contribution in [0.2, 0.25) is 0 Å². The summed E-state index contributed by atoms with van der Waals surface area (Å²) in [6, 6.07) is 5.61. The number of rotatable bonds is 1. The third-order valence-electron chi connectivity index (χ3n) is 5.94. The zero-order chi connectivity index (χ0) is 12.8. The number of H-pyrrole nitrogens is 1. The molecular formula is C16H15FN2. The van der Waals surface area contributed by atoms with E-state index >= 15 is 0 Å². The molecule has 2 fully saturated rings. The molecule has 0 bridgehead atoms. The first kappa shape index (κ1) is 10.2. The van der Waals surface area contributed by atoms with E-state index in [0.717, 1.165) is 18.4 Å². The molecule has 3 heteroatoms. The number of fused-ring (bicyclic) bond motifs is 5. The van der Waals surface area contributed by atoms with Crippen LogP contribution >= 0.6 is 0 Å². The molecule has 3 aliphatic carbocycles. The summed E-state index contributed by atoms with van der Waals surface area (Å²) in [7, 11) is 0. The van der Waals surface area contributed by atoms with Gasteiger partial charge in [-0.2, -0.15) is 0 Å². The fourth-order valence-electron chi connectivity index (χ4n) is 5.26. The number of aromatic nitrogens is 2. The molecule has 19 heavy (non-hydrogen) atoms. The van der Waals surface area contributed by atoms with Crippen LogP contribution in [0, 0.1) is 11.7 Å². The molecular weight excluding hydrogens is 239 g/mol. The molecule has 1 N–H and O–H groups in total. The lowest BCUT2D eigenvalue weighted by molar-refractivity contribution is 0.454. The lowest BCUT2D eigenvalue weighted by atomic mass is 9.79. The van der Waals surface area contributed by atoms with Gasteiger partial charge in [0.15, 0.2) is 0 Å². The van der Waals surface area contributed by atoms with Gasteiger partial charge in [0.2, 0.25) is 0 Å². The molecule has 2 saturated carbocycles. The maximum Gasteiger partial charge on any atom is 0.127 e. The van der Waals surface area contributed by atoms with Gasteiger partial charge >= 0.3 is 0 Å². The molecule has 1 aromatic carbocycles. The van der Waals surface area contributed by atoms with E-state index in [1.165, 1.54) is 11.3 Å². The van der Waals surface area contributed by atoms with Crippen LogP contribution in [0.15, 0.2) is 30.7 Å². The average Bonchev–Trinajstić information content (AvgIpc) is 3.15. The van der Waals surface area contributed by atoms with Crippen molar-refractivity contribution >= 4 is 0 Å². The molecule has 1 aromatic heterocycles. The van der Waals surface area contributed by atoms with E-state index in [4.69, 9.17) is 0 Å². The summed E-state index contributed by atoms with van der Waals surface area (Å²) in [5, 5.41) is 0. The van der Waals surface area contributed by atoms with Gasteiger partial charge in [-0.15, -0.1) is 0 Å². The Kier molecular flexibility index (Phi) is 1.48. The van der Waals surface area contributed by atoms with Crippen LogP contribution in [0.1, 0.15) is 42.5 Å². The summed E-state index contributed by atoms with van der Waals surface area (Å²) in [6.45, 7) is 2.30. The number of halogens is 1. The summed E-state index contributed by atoms with van der Waals surface area (Å²) >= 11 is 0. The third kappa shape index (κ3) is 0.840. The first-order valence-corrected chi connectivity index (χ1v) is 7.01. The molecule has 0 saturated heterocycles. The van der Waals surface area contributed by atoms with E-state index < -0.39 is 0 Å². The standard InChI is InChI=1S/C16H15FN2/c1-9-13-10-3-2-4-11(17)14(10)15(5-6-15)16(9,13)12-7-18-8-19-12/h2-4,7-9,13H,5-6H2,1H3,(H,18,19). The highest BCUT2D eigenvalue weighted by Crippen LogP contribution is 2.85. The Bertz CT molecular complexity index is 687. The van der Waals surface area contributed by atoms with Crippen LogP contribution in [0.4, 0.5) is 4.39 Å². The molecule has 0 aliphatic heterocycles. The largest absolute Gasteiger partial charge is 0.348 e. The lowest BCUT2D eigenvalue weighted by Crippen LogP contribution is -2.27. The molecule has 2 aromatic rings. The topological polar surface area (TPSA) is 28.7 Å². The molecule has 3 unspecified atom stereocenters. The minimum atomic E-state index is -0.00621. The second kappa shape index (κ2) is 2.77. The Hall–Kier alpha value is -1.64. The molecule has 0 radical (unpaired) electrons. The van der Waals surface area contributed by atoms with Gasteiger partial charge < -0.3 is 4.98 Å². The van der Waals surface area contributed by atoms with Gasteiger partial charge in [0.05, 0.1) is 6.33 Å². The van der Waals surface area contributed by atoms with Crippen LogP contribution in [0.25, 0.3) is 0 Å². The molecule has 96 valence electrons. The lowest BCUT2D eigenvalue weighted by Gasteiger charge is -2.25. The average molecular weight is 254 g/mol. The Labute approximate surface area is 111 Å². The van der Waals surface area contributed by atoms with Crippen LogP contribution in [0.5, 0.6) is 0 Å². The zero-order valence-corrected chi connectivity index (χ0v) is 10.8. The summed E-state index contributed by atoms with van der Waals surface area (Å²) in [6.07, 6.45) is 5.92. The van der Waals surface area contributed by atoms with Crippen molar-refractivity contribution in [1.82, 2.24) is 9.97 Å². The van der Waals surface area contributed by atoms with Crippen LogP contribution in [0.3, 0.4) is 0 Å². The van der Waals surface area contributed by atoms with E-state index in [-0.39, 0.29) is 16.6 Å². The molecule has 1 heterocycles. The molecule has 1 spiro atoms. The first-order valence-electron chi connectivity index (χ1n) is 7.01. The summed E-state index contributed by atoms with van der Waals surface area (Å²) in [5.41, 5.74) is 3.60. The van der Waals surface area contributed by atoms with Gasteiger partial charge in [-0.25, -0.2) is 9.37 Å². The number of aromatic amines is 1. The first-order chi connectivity index (χ1) is 9.23. The quantitative estimate of drug-likeness (QED) is 0.831. The van der Waals surface area contributed by atoms with Gasteiger partial charge in [0.25, 0.3) is 0 Å². The van der Waals surface area contributed by atoms with Crippen LogP contribution < -0.4 is 0 Å². The van der Waals surface area contributed by atoms with E-state index in [9.17, 15) is 4.39 Å². The highest BCUT2D eigenvalue weighted by Gasteiger charge is 2.82. The van der Waals surface area contributed by atoms with E-state index in [0.29, 0.717) is 11.8 Å². The second-order valence-corrected chi connectivity index (χ2v) is 6.39.